The maximum Gasteiger partial charge on any atom is 0.220 e. The van der Waals surface area contributed by atoms with E-state index >= 15 is 0 Å². The van der Waals surface area contributed by atoms with E-state index < -0.39 is 0 Å². The fraction of sp³-hybridized carbons (Fsp3) is 0.524. The third-order valence-electron chi connectivity index (χ3n) is 5.23. The van der Waals surface area contributed by atoms with Crippen LogP contribution in [0, 0.1) is 11.8 Å². The Kier molecular flexibility index (Phi) is 7.45. The van der Waals surface area contributed by atoms with Crippen LogP contribution in [0.1, 0.15) is 29.9 Å². The van der Waals surface area contributed by atoms with Crippen LogP contribution in [-0.2, 0) is 29.1 Å². The van der Waals surface area contributed by atoms with Gasteiger partial charge in [-0.3, -0.25) is 4.79 Å². The first-order chi connectivity index (χ1) is 13.7. The average Bonchev–Trinajstić information content (AvgIpc) is 3.15. The van der Waals surface area contributed by atoms with Crippen LogP contribution in [0.3, 0.4) is 0 Å². The molecule has 1 aliphatic heterocycles. The summed E-state index contributed by atoms with van der Waals surface area (Å²) in [6, 6.07) is 9.68. The molecule has 152 valence electrons. The molecule has 0 bridgehead atoms. The first kappa shape index (κ1) is 20.4. The summed E-state index contributed by atoms with van der Waals surface area (Å²) in [6.45, 7) is 2.79. The van der Waals surface area contributed by atoms with E-state index in [0.717, 1.165) is 48.7 Å². The van der Waals surface area contributed by atoms with Crippen LogP contribution in [0.25, 0.3) is 0 Å². The van der Waals surface area contributed by atoms with Gasteiger partial charge in [-0.25, -0.2) is 0 Å². The van der Waals surface area contributed by atoms with Gasteiger partial charge in [-0.05, 0) is 55.5 Å². The summed E-state index contributed by atoms with van der Waals surface area (Å²) in [4.78, 5) is 12.5. The molecule has 0 radical (unpaired) electrons. The maximum atomic E-state index is 12.5. The SMILES string of the molecule is COCc1cc(C[C@@H]2CNCC[C@H]2CC(=O)NCc2ccc(OC)cc2)no1. The van der Waals surface area contributed by atoms with Crippen molar-refractivity contribution >= 4 is 5.91 Å². The number of methoxy groups -OCH3 is 2. The molecule has 1 aromatic carbocycles. The Morgan fingerprint density at radius 1 is 1.29 bits per heavy atom. The molecule has 0 spiro atoms. The summed E-state index contributed by atoms with van der Waals surface area (Å²) in [6.07, 6.45) is 2.32. The van der Waals surface area contributed by atoms with Gasteiger partial charge in [-0.2, -0.15) is 0 Å². The second kappa shape index (κ2) is 10.2. The molecule has 1 aromatic heterocycles. The number of nitrogens with zero attached hydrogens (tertiary/aromatic N) is 1. The third-order valence-corrected chi connectivity index (χ3v) is 5.23. The van der Waals surface area contributed by atoms with Crippen molar-refractivity contribution in [1.82, 2.24) is 15.8 Å². The van der Waals surface area contributed by atoms with E-state index in [4.69, 9.17) is 14.0 Å². The normalized spacial score (nSPS) is 19.4. The molecular formula is C21H29N3O4. The minimum absolute atomic E-state index is 0.0907. The van der Waals surface area contributed by atoms with Gasteiger partial charge in [0.05, 0.1) is 12.8 Å². The molecule has 28 heavy (non-hydrogen) atoms. The maximum absolute atomic E-state index is 12.5. The zero-order valence-electron chi connectivity index (χ0n) is 16.6. The van der Waals surface area contributed by atoms with Crippen molar-refractivity contribution in [3.8, 4) is 5.75 Å². The van der Waals surface area contributed by atoms with Crippen molar-refractivity contribution < 1.29 is 18.8 Å². The lowest BCUT2D eigenvalue weighted by molar-refractivity contribution is -0.122. The van der Waals surface area contributed by atoms with Gasteiger partial charge in [0.2, 0.25) is 5.91 Å². The van der Waals surface area contributed by atoms with Gasteiger partial charge in [0.15, 0.2) is 5.76 Å². The minimum Gasteiger partial charge on any atom is -0.497 e. The van der Waals surface area contributed by atoms with E-state index in [2.05, 4.69) is 15.8 Å². The summed E-state index contributed by atoms with van der Waals surface area (Å²) in [5, 5.41) is 10.6. The molecule has 1 amide bonds. The number of rotatable bonds is 9. The van der Waals surface area contributed by atoms with Gasteiger partial charge in [-0.15, -0.1) is 0 Å². The number of hydrogen-bond donors (Lipinski definition) is 2. The second-order valence-corrected chi connectivity index (χ2v) is 7.26. The van der Waals surface area contributed by atoms with E-state index in [1.54, 1.807) is 14.2 Å². The number of nitrogens with one attached hydrogen (secondary N) is 2. The lowest BCUT2D eigenvalue weighted by Crippen LogP contribution is -2.40. The Hall–Kier alpha value is -2.38. The number of piperidine rings is 1. The van der Waals surface area contributed by atoms with Crippen LogP contribution in [0.2, 0.25) is 0 Å². The molecule has 0 unspecified atom stereocenters. The van der Waals surface area contributed by atoms with Gasteiger partial charge < -0.3 is 24.6 Å². The van der Waals surface area contributed by atoms with Crippen molar-refractivity contribution in [3.05, 3.63) is 47.3 Å². The second-order valence-electron chi connectivity index (χ2n) is 7.26. The first-order valence-corrected chi connectivity index (χ1v) is 9.71. The molecule has 0 saturated carbocycles. The van der Waals surface area contributed by atoms with Crippen molar-refractivity contribution in [2.75, 3.05) is 27.3 Å². The lowest BCUT2D eigenvalue weighted by Gasteiger charge is -2.31. The monoisotopic (exact) mass is 387 g/mol. The summed E-state index contributed by atoms with van der Waals surface area (Å²) in [5.41, 5.74) is 1.98. The van der Waals surface area contributed by atoms with Crippen LogP contribution in [0.15, 0.2) is 34.9 Å². The van der Waals surface area contributed by atoms with Crippen LogP contribution in [0.5, 0.6) is 5.75 Å². The van der Waals surface area contributed by atoms with E-state index in [0.29, 0.717) is 31.4 Å². The van der Waals surface area contributed by atoms with Crippen LogP contribution >= 0.6 is 0 Å². The Bertz CT molecular complexity index is 744. The number of hydrogen-bond acceptors (Lipinski definition) is 6. The Morgan fingerprint density at radius 3 is 2.86 bits per heavy atom. The van der Waals surface area contributed by atoms with E-state index in [1.807, 2.05) is 30.3 Å². The fourth-order valence-electron chi connectivity index (χ4n) is 3.67. The fourth-order valence-corrected chi connectivity index (χ4v) is 3.67. The first-order valence-electron chi connectivity index (χ1n) is 9.71. The van der Waals surface area contributed by atoms with E-state index in [-0.39, 0.29) is 5.91 Å². The molecule has 2 N–H and O–H groups in total. The smallest absolute Gasteiger partial charge is 0.220 e. The molecule has 1 saturated heterocycles. The minimum atomic E-state index is 0.0907. The quantitative estimate of drug-likeness (QED) is 0.687. The Morgan fingerprint density at radius 2 is 2.11 bits per heavy atom. The summed E-state index contributed by atoms with van der Waals surface area (Å²) in [7, 11) is 3.28. The van der Waals surface area contributed by atoms with Crippen molar-refractivity contribution in [1.29, 1.82) is 0 Å². The molecule has 0 aliphatic carbocycles. The Balaban J connectivity index is 1.50. The van der Waals surface area contributed by atoms with Crippen molar-refractivity contribution in [2.45, 2.75) is 32.4 Å². The summed E-state index contributed by atoms with van der Waals surface area (Å²) < 4.78 is 15.5. The zero-order chi connectivity index (χ0) is 19.8. The molecule has 3 rings (SSSR count). The molecular weight excluding hydrogens is 358 g/mol. The Labute approximate surface area is 165 Å². The van der Waals surface area contributed by atoms with E-state index in [1.165, 1.54) is 0 Å². The van der Waals surface area contributed by atoms with Crippen LogP contribution < -0.4 is 15.4 Å². The topological polar surface area (TPSA) is 85.6 Å². The van der Waals surface area contributed by atoms with Crippen LogP contribution in [0.4, 0.5) is 0 Å². The summed E-state index contributed by atoms with van der Waals surface area (Å²) >= 11 is 0. The van der Waals surface area contributed by atoms with Crippen molar-refractivity contribution in [2.24, 2.45) is 11.8 Å². The van der Waals surface area contributed by atoms with Gasteiger partial charge >= 0.3 is 0 Å². The average molecular weight is 387 g/mol. The number of aromatic nitrogens is 1. The highest BCUT2D eigenvalue weighted by atomic mass is 16.5. The highest BCUT2D eigenvalue weighted by molar-refractivity contribution is 5.76. The molecule has 1 fully saturated rings. The number of amides is 1. The summed E-state index contributed by atoms with van der Waals surface area (Å²) in [5.74, 6) is 2.33. The number of ether oxygens (including phenoxy) is 2. The van der Waals surface area contributed by atoms with Gasteiger partial charge in [-0.1, -0.05) is 17.3 Å². The predicted octanol–water partition coefficient (Wildman–Crippen LogP) is 2.30. The molecule has 7 nitrogen and oxygen atoms in total. The number of benzene rings is 1. The molecule has 2 atom stereocenters. The van der Waals surface area contributed by atoms with Gasteiger partial charge in [0.25, 0.3) is 0 Å². The highest BCUT2D eigenvalue weighted by Crippen LogP contribution is 2.26. The van der Waals surface area contributed by atoms with Gasteiger partial charge in [0, 0.05) is 26.1 Å². The molecule has 2 heterocycles. The number of carbonyl (C=O) groups excluding carboxylic acids is 1. The van der Waals surface area contributed by atoms with Crippen LogP contribution in [-0.4, -0.2) is 38.4 Å². The van der Waals surface area contributed by atoms with E-state index in [9.17, 15) is 4.79 Å². The molecule has 2 aromatic rings. The largest absolute Gasteiger partial charge is 0.497 e. The number of carbonyl (C=O) groups is 1. The third kappa shape index (κ3) is 5.81. The molecule has 7 heteroatoms. The lowest BCUT2D eigenvalue weighted by atomic mass is 9.81. The standard InChI is InChI=1S/C21H29N3O4/c1-26-14-20-11-18(24-28-20)9-17-13-22-8-7-16(17)10-21(25)23-12-15-3-5-19(27-2)6-4-15/h3-6,11,16-17,22H,7-10,12-14H2,1-2H3,(H,23,25)/t16-,17+/m0/s1. The highest BCUT2D eigenvalue weighted by Gasteiger charge is 2.28. The predicted molar refractivity (Wildman–Crippen MR) is 105 cm³/mol. The molecule has 1 aliphatic rings. The van der Waals surface area contributed by atoms with Gasteiger partial charge in [0.1, 0.15) is 12.4 Å². The van der Waals surface area contributed by atoms with Crippen molar-refractivity contribution in [3.63, 3.8) is 0 Å². The zero-order valence-corrected chi connectivity index (χ0v) is 16.6.